The first kappa shape index (κ1) is 16.8. The van der Waals surface area contributed by atoms with Gasteiger partial charge in [-0.05, 0) is 38.0 Å². The minimum absolute atomic E-state index is 0.0916. The van der Waals surface area contributed by atoms with Crippen LogP contribution in [0.3, 0.4) is 0 Å². The minimum Gasteiger partial charge on any atom is -0.382 e. The summed E-state index contributed by atoms with van der Waals surface area (Å²) in [5, 5.41) is 3.95. The number of guanidine groups is 1. The lowest BCUT2D eigenvalue weighted by molar-refractivity contribution is 0.146. The molecule has 1 aromatic carbocycles. The summed E-state index contributed by atoms with van der Waals surface area (Å²) >= 11 is 5.87. The molecule has 1 rings (SSSR count). The van der Waals surface area contributed by atoms with Crippen LogP contribution >= 0.6 is 11.6 Å². The maximum Gasteiger partial charge on any atom is 0.206 e. The SMILES string of the molecule is CCOCCCN=C(NN)NC(C)c1ccc(Cl)cc1. The van der Waals surface area contributed by atoms with E-state index >= 15 is 0 Å². The molecule has 0 radical (unpaired) electrons. The van der Waals surface area contributed by atoms with E-state index < -0.39 is 0 Å². The molecule has 6 heteroatoms. The van der Waals surface area contributed by atoms with Gasteiger partial charge in [0, 0.05) is 24.8 Å². The number of ether oxygens (including phenoxy) is 1. The summed E-state index contributed by atoms with van der Waals surface area (Å²) in [6, 6.07) is 7.77. The van der Waals surface area contributed by atoms with Crippen LogP contribution in [-0.2, 0) is 4.74 Å². The Morgan fingerprint density at radius 3 is 2.70 bits per heavy atom. The number of hydrogen-bond donors (Lipinski definition) is 3. The van der Waals surface area contributed by atoms with Crippen molar-refractivity contribution < 1.29 is 4.74 Å². The van der Waals surface area contributed by atoms with Crippen molar-refractivity contribution in [3.05, 3.63) is 34.9 Å². The van der Waals surface area contributed by atoms with Crippen molar-refractivity contribution in [2.75, 3.05) is 19.8 Å². The Morgan fingerprint density at radius 1 is 1.40 bits per heavy atom. The molecule has 0 aliphatic carbocycles. The Kier molecular flexibility index (Phi) is 8.02. The van der Waals surface area contributed by atoms with E-state index in [1.54, 1.807) is 0 Å². The van der Waals surface area contributed by atoms with E-state index in [-0.39, 0.29) is 6.04 Å². The highest BCUT2D eigenvalue weighted by Crippen LogP contribution is 2.15. The van der Waals surface area contributed by atoms with Gasteiger partial charge in [0.25, 0.3) is 0 Å². The van der Waals surface area contributed by atoms with Crippen LogP contribution in [0.5, 0.6) is 0 Å². The number of benzene rings is 1. The molecule has 0 heterocycles. The van der Waals surface area contributed by atoms with Crippen LogP contribution in [0, 0.1) is 0 Å². The number of halogens is 1. The third-order valence-corrected chi connectivity index (χ3v) is 3.03. The molecule has 20 heavy (non-hydrogen) atoms. The molecule has 1 atom stereocenters. The summed E-state index contributed by atoms with van der Waals surface area (Å²) < 4.78 is 5.26. The molecular formula is C14H23ClN4O. The largest absolute Gasteiger partial charge is 0.382 e. The molecule has 0 fully saturated rings. The summed E-state index contributed by atoms with van der Waals surface area (Å²) in [5.41, 5.74) is 3.69. The molecule has 0 spiro atoms. The van der Waals surface area contributed by atoms with Crippen molar-refractivity contribution in [3.63, 3.8) is 0 Å². The van der Waals surface area contributed by atoms with Gasteiger partial charge in [-0.1, -0.05) is 23.7 Å². The third kappa shape index (κ3) is 6.23. The topological polar surface area (TPSA) is 71.7 Å². The quantitative estimate of drug-likeness (QED) is 0.237. The summed E-state index contributed by atoms with van der Waals surface area (Å²) in [5.74, 6) is 6.04. The molecule has 112 valence electrons. The van der Waals surface area contributed by atoms with Crippen LogP contribution in [0.1, 0.15) is 31.9 Å². The fraction of sp³-hybridized carbons (Fsp3) is 0.500. The molecular weight excluding hydrogens is 276 g/mol. The second kappa shape index (κ2) is 9.58. The smallest absolute Gasteiger partial charge is 0.206 e. The molecule has 5 nitrogen and oxygen atoms in total. The van der Waals surface area contributed by atoms with E-state index in [9.17, 15) is 0 Å². The van der Waals surface area contributed by atoms with Crippen molar-refractivity contribution in [1.82, 2.24) is 10.7 Å². The van der Waals surface area contributed by atoms with Gasteiger partial charge in [-0.3, -0.25) is 10.4 Å². The molecule has 1 aromatic rings. The molecule has 0 bridgehead atoms. The Morgan fingerprint density at radius 2 is 2.10 bits per heavy atom. The third-order valence-electron chi connectivity index (χ3n) is 2.78. The number of hydrazine groups is 1. The van der Waals surface area contributed by atoms with Crippen molar-refractivity contribution in [1.29, 1.82) is 0 Å². The Labute approximate surface area is 125 Å². The Hall–Kier alpha value is -1.30. The van der Waals surface area contributed by atoms with Gasteiger partial charge < -0.3 is 10.1 Å². The Bertz CT molecular complexity index is 408. The Balaban J connectivity index is 2.46. The van der Waals surface area contributed by atoms with Crippen LogP contribution in [-0.4, -0.2) is 25.7 Å². The minimum atomic E-state index is 0.0916. The average Bonchev–Trinajstić information content (AvgIpc) is 2.46. The van der Waals surface area contributed by atoms with Gasteiger partial charge in [-0.15, -0.1) is 0 Å². The lowest BCUT2D eigenvalue weighted by Crippen LogP contribution is -2.42. The van der Waals surface area contributed by atoms with Crippen LogP contribution in [0.25, 0.3) is 0 Å². The monoisotopic (exact) mass is 298 g/mol. The molecule has 0 aliphatic rings. The summed E-state index contributed by atoms with van der Waals surface area (Å²) in [7, 11) is 0. The van der Waals surface area contributed by atoms with Crippen LogP contribution in [0.2, 0.25) is 5.02 Å². The lowest BCUT2D eigenvalue weighted by Gasteiger charge is -2.17. The lowest BCUT2D eigenvalue weighted by atomic mass is 10.1. The van der Waals surface area contributed by atoms with E-state index in [4.69, 9.17) is 22.2 Å². The number of nitrogens with two attached hydrogens (primary N) is 1. The van der Waals surface area contributed by atoms with E-state index in [1.165, 1.54) is 0 Å². The summed E-state index contributed by atoms with van der Waals surface area (Å²) in [4.78, 5) is 4.36. The van der Waals surface area contributed by atoms with Gasteiger partial charge in [-0.25, -0.2) is 5.84 Å². The van der Waals surface area contributed by atoms with Gasteiger partial charge in [0.1, 0.15) is 0 Å². The average molecular weight is 299 g/mol. The number of aliphatic imine (C=N–C) groups is 1. The first-order chi connectivity index (χ1) is 9.67. The fourth-order valence-electron chi connectivity index (χ4n) is 1.67. The zero-order valence-electron chi connectivity index (χ0n) is 12.0. The van der Waals surface area contributed by atoms with E-state index in [2.05, 4.69) is 15.7 Å². The molecule has 1 unspecified atom stereocenters. The highest BCUT2D eigenvalue weighted by molar-refractivity contribution is 6.30. The van der Waals surface area contributed by atoms with Crippen LogP contribution in [0.15, 0.2) is 29.3 Å². The standard InChI is InChI=1S/C14H23ClN4O/c1-3-20-10-4-9-17-14(19-16)18-11(2)12-5-7-13(15)8-6-12/h5-8,11H,3-4,9-10,16H2,1-2H3,(H2,17,18,19). The predicted octanol–water partition coefficient (Wildman–Crippen LogP) is 2.24. The van der Waals surface area contributed by atoms with E-state index in [1.807, 2.05) is 38.1 Å². The van der Waals surface area contributed by atoms with Gasteiger partial charge >= 0.3 is 0 Å². The van der Waals surface area contributed by atoms with Gasteiger partial charge in [0.05, 0.1) is 6.04 Å². The first-order valence-corrected chi connectivity index (χ1v) is 7.16. The van der Waals surface area contributed by atoms with Gasteiger partial charge in [0.15, 0.2) is 0 Å². The molecule has 0 amide bonds. The maximum atomic E-state index is 5.87. The molecule has 0 saturated heterocycles. The fourth-order valence-corrected chi connectivity index (χ4v) is 1.80. The maximum absolute atomic E-state index is 5.87. The predicted molar refractivity (Wildman–Crippen MR) is 83.7 cm³/mol. The highest BCUT2D eigenvalue weighted by atomic mass is 35.5. The molecule has 0 aromatic heterocycles. The first-order valence-electron chi connectivity index (χ1n) is 6.78. The summed E-state index contributed by atoms with van der Waals surface area (Å²) in [6.07, 6.45) is 0.871. The molecule has 4 N–H and O–H groups in total. The van der Waals surface area contributed by atoms with Crippen LogP contribution < -0.4 is 16.6 Å². The zero-order valence-corrected chi connectivity index (χ0v) is 12.8. The molecule has 0 saturated carbocycles. The highest BCUT2D eigenvalue weighted by Gasteiger charge is 2.06. The number of nitrogens with zero attached hydrogens (tertiary/aromatic N) is 1. The zero-order chi connectivity index (χ0) is 14.8. The van der Waals surface area contributed by atoms with Gasteiger partial charge in [-0.2, -0.15) is 0 Å². The number of nitrogens with one attached hydrogen (secondary N) is 2. The second-order valence-electron chi connectivity index (χ2n) is 4.34. The van der Waals surface area contributed by atoms with Gasteiger partial charge in [0.2, 0.25) is 5.96 Å². The van der Waals surface area contributed by atoms with Crippen LogP contribution in [0.4, 0.5) is 0 Å². The molecule has 0 aliphatic heterocycles. The van der Waals surface area contributed by atoms with Crippen molar-refractivity contribution in [3.8, 4) is 0 Å². The van der Waals surface area contributed by atoms with Crippen molar-refractivity contribution >= 4 is 17.6 Å². The normalized spacial score (nSPS) is 13.1. The number of rotatable bonds is 7. The van der Waals surface area contributed by atoms with Crippen molar-refractivity contribution in [2.45, 2.75) is 26.3 Å². The van der Waals surface area contributed by atoms with Crippen molar-refractivity contribution in [2.24, 2.45) is 10.8 Å². The van der Waals surface area contributed by atoms with E-state index in [0.29, 0.717) is 19.1 Å². The summed E-state index contributed by atoms with van der Waals surface area (Å²) in [6.45, 7) is 6.13. The number of hydrogen-bond acceptors (Lipinski definition) is 3. The second-order valence-corrected chi connectivity index (χ2v) is 4.78. The van der Waals surface area contributed by atoms with E-state index in [0.717, 1.165) is 23.6 Å².